The smallest absolute Gasteiger partial charge is 0.326 e. The number of nitrogens with zero attached hydrogens (tertiary/aromatic N) is 1. The summed E-state index contributed by atoms with van der Waals surface area (Å²) in [5, 5.41) is 10.8. The van der Waals surface area contributed by atoms with E-state index in [2.05, 4.69) is 0 Å². The first kappa shape index (κ1) is 11.8. The predicted molar refractivity (Wildman–Crippen MR) is 61.0 cm³/mol. The van der Waals surface area contributed by atoms with Gasteiger partial charge in [0.2, 0.25) is 0 Å². The van der Waals surface area contributed by atoms with Crippen LogP contribution in [0.5, 0.6) is 0 Å². The zero-order valence-corrected chi connectivity index (χ0v) is 9.77. The molecule has 90 valence electrons. The molecule has 0 aliphatic carbocycles. The van der Waals surface area contributed by atoms with Crippen molar-refractivity contribution in [2.75, 3.05) is 6.54 Å². The van der Waals surface area contributed by atoms with Crippen molar-refractivity contribution in [3.8, 4) is 0 Å². The van der Waals surface area contributed by atoms with Gasteiger partial charge in [0.25, 0.3) is 5.91 Å². The Morgan fingerprint density at radius 2 is 2.24 bits per heavy atom. The first-order chi connectivity index (χ1) is 8.09. The molecule has 1 atom stereocenters. The van der Waals surface area contributed by atoms with Crippen LogP contribution in [0.25, 0.3) is 0 Å². The number of aliphatic carboxylic acids is 1. The molecule has 0 aromatic carbocycles. The van der Waals surface area contributed by atoms with Crippen molar-refractivity contribution in [3.05, 3.63) is 22.4 Å². The van der Waals surface area contributed by atoms with Gasteiger partial charge in [-0.1, -0.05) is 6.07 Å². The lowest BCUT2D eigenvalue weighted by Gasteiger charge is -2.31. The van der Waals surface area contributed by atoms with E-state index >= 15 is 0 Å². The third-order valence-corrected chi connectivity index (χ3v) is 3.56. The molecule has 17 heavy (non-hydrogen) atoms. The number of carboxylic acids is 1. The molecular weight excluding hydrogens is 242 g/mol. The SMILES string of the molecule is O=C1CCC(C(=O)O)N(C(=O)c2cccs2)C1. The van der Waals surface area contributed by atoms with Crippen LogP contribution < -0.4 is 0 Å². The van der Waals surface area contributed by atoms with Crippen LogP contribution in [0.4, 0.5) is 0 Å². The van der Waals surface area contributed by atoms with Crippen LogP contribution >= 0.6 is 11.3 Å². The number of carbonyl (C=O) groups is 3. The molecule has 1 aliphatic heterocycles. The van der Waals surface area contributed by atoms with Gasteiger partial charge in [-0.15, -0.1) is 11.3 Å². The maximum atomic E-state index is 12.0. The quantitative estimate of drug-likeness (QED) is 0.853. The molecule has 2 heterocycles. The maximum Gasteiger partial charge on any atom is 0.326 e. The van der Waals surface area contributed by atoms with Crippen LogP contribution in [0.3, 0.4) is 0 Å². The van der Waals surface area contributed by atoms with Crippen molar-refractivity contribution < 1.29 is 19.5 Å². The van der Waals surface area contributed by atoms with E-state index in [0.717, 1.165) is 4.90 Å². The van der Waals surface area contributed by atoms with Crippen LogP contribution in [0, 0.1) is 0 Å². The fourth-order valence-electron chi connectivity index (χ4n) is 1.84. The lowest BCUT2D eigenvalue weighted by molar-refractivity contribution is -0.144. The van der Waals surface area contributed by atoms with Crippen LogP contribution in [0.2, 0.25) is 0 Å². The lowest BCUT2D eigenvalue weighted by atomic mass is 10.0. The molecule has 1 amide bonds. The summed E-state index contributed by atoms with van der Waals surface area (Å²) < 4.78 is 0. The van der Waals surface area contributed by atoms with Gasteiger partial charge in [-0.05, 0) is 17.9 Å². The van der Waals surface area contributed by atoms with Crippen molar-refractivity contribution in [3.63, 3.8) is 0 Å². The third-order valence-electron chi connectivity index (χ3n) is 2.70. The topological polar surface area (TPSA) is 74.7 Å². The molecule has 0 spiro atoms. The number of likely N-dealkylation sites (tertiary alicyclic amines) is 1. The second kappa shape index (κ2) is 4.67. The second-order valence-electron chi connectivity index (χ2n) is 3.84. The molecule has 1 N–H and O–H groups in total. The second-order valence-corrected chi connectivity index (χ2v) is 4.79. The monoisotopic (exact) mass is 253 g/mol. The van der Waals surface area contributed by atoms with Crippen molar-refractivity contribution in [1.29, 1.82) is 0 Å². The summed E-state index contributed by atoms with van der Waals surface area (Å²) in [7, 11) is 0. The van der Waals surface area contributed by atoms with Crippen molar-refractivity contribution in [1.82, 2.24) is 4.90 Å². The van der Waals surface area contributed by atoms with E-state index < -0.39 is 12.0 Å². The number of hydrogen-bond donors (Lipinski definition) is 1. The molecule has 5 nitrogen and oxygen atoms in total. The summed E-state index contributed by atoms with van der Waals surface area (Å²) in [4.78, 5) is 36.0. The van der Waals surface area contributed by atoms with Crippen LogP contribution in [-0.2, 0) is 9.59 Å². The van der Waals surface area contributed by atoms with Gasteiger partial charge in [-0.25, -0.2) is 4.79 Å². The minimum atomic E-state index is -1.05. The maximum absolute atomic E-state index is 12.0. The average molecular weight is 253 g/mol. The summed E-state index contributed by atoms with van der Waals surface area (Å²) in [6.07, 6.45) is 0.427. The van der Waals surface area contributed by atoms with E-state index in [-0.39, 0.29) is 31.1 Å². The van der Waals surface area contributed by atoms with Gasteiger partial charge in [0.05, 0.1) is 11.4 Å². The standard InChI is InChI=1S/C11H11NO4S/c13-7-3-4-8(11(15)16)12(6-7)10(14)9-2-1-5-17-9/h1-2,5,8H,3-4,6H2,(H,15,16). The Morgan fingerprint density at radius 3 is 2.82 bits per heavy atom. The van der Waals surface area contributed by atoms with Gasteiger partial charge >= 0.3 is 5.97 Å². The lowest BCUT2D eigenvalue weighted by Crippen LogP contribution is -2.50. The van der Waals surface area contributed by atoms with Gasteiger partial charge in [0, 0.05) is 6.42 Å². The Bertz CT molecular complexity index is 454. The van der Waals surface area contributed by atoms with Crippen molar-refractivity contribution in [2.45, 2.75) is 18.9 Å². The highest BCUT2D eigenvalue weighted by molar-refractivity contribution is 7.12. The van der Waals surface area contributed by atoms with Crippen molar-refractivity contribution in [2.24, 2.45) is 0 Å². The zero-order chi connectivity index (χ0) is 12.4. The fraction of sp³-hybridized carbons (Fsp3) is 0.364. The van der Waals surface area contributed by atoms with Gasteiger partial charge in [0.15, 0.2) is 5.78 Å². The molecule has 0 bridgehead atoms. The minimum absolute atomic E-state index is 0.0904. The first-order valence-corrected chi connectivity index (χ1v) is 6.06. The van der Waals surface area contributed by atoms with E-state index in [1.807, 2.05) is 0 Å². The van der Waals surface area contributed by atoms with E-state index in [1.165, 1.54) is 11.3 Å². The molecule has 1 aromatic heterocycles. The summed E-state index contributed by atoms with van der Waals surface area (Å²) in [5.74, 6) is -1.52. The average Bonchev–Trinajstić information content (AvgIpc) is 2.80. The molecule has 6 heteroatoms. The summed E-state index contributed by atoms with van der Waals surface area (Å²) in [5.41, 5.74) is 0. The van der Waals surface area contributed by atoms with Crippen LogP contribution in [0.15, 0.2) is 17.5 Å². The van der Waals surface area contributed by atoms with Gasteiger partial charge in [0.1, 0.15) is 6.04 Å². The molecule has 1 aliphatic rings. The highest BCUT2D eigenvalue weighted by atomic mass is 32.1. The molecule has 0 radical (unpaired) electrons. The van der Waals surface area contributed by atoms with E-state index in [4.69, 9.17) is 5.11 Å². The van der Waals surface area contributed by atoms with E-state index in [1.54, 1.807) is 17.5 Å². The van der Waals surface area contributed by atoms with Crippen LogP contribution in [-0.4, -0.2) is 40.3 Å². The Labute approximate surface area is 102 Å². The van der Waals surface area contributed by atoms with E-state index in [0.29, 0.717) is 4.88 Å². The Hall–Kier alpha value is -1.69. The van der Waals surface area contributed by atoms with Crippen molar-refractivity contribution >= 4 is 29.0 Å². The number of hydrogen-bond acceptors (Lipinski definition) is 4. The normalized spacial score (nSPS) is 20.4. The Kier molecular flexibility index (Phi) is 3.23. The molecule has 1 unspecified atom stereocenters. The first-order valence-electron chi connectivity index (χ1n) is 5.18. The number of amides is 1. The van der Waals surface area contributed by atoms with Gasteiger partial charge < -0.3 is 10.0 Å². The third kappa shape index (κ3) is 2.36. The number of Topliss-reactive ketones (excluding diaryl/α,β-unsaturated/α-hetero) is 1. The highest BCUT2D eigenvalue weighted by Crippen LogP contribution is 2.20. The molecule has 0 saturated carbocycles. The largest absolute Gasteiger partial charge is 0.480 e. The number of carboxylic acid groups (broad SMARTS) is 1. The highest BCUT2D eigenvalue weighted by Gasteiger charge is 2.35. The number of thiophene rings is 1. The van der Waals surface area contributed by atoms with Crippen LogP contribution in [0.1, 0.15) is 22.5 Å². The number of ketones is 1. The molecular formula is C11H11NO4S. The summed E-state index contributed by atoms with van der Waals surface area (Å²) >= 11 is 1.24. The molecule has 2 rings (SSSR count). The molecule has 1 aromatic rings. The number of carbonyl (C=O) groups excluding carboxylic acids is 2. The Morgan fingerprint density at radius 1 is 1.47 bits per heavy atom. The summed E-state index contributed by atoms with van der Waals surface area (Å²) in [6.45, 7) is -0.103. The van der Waals surface area contributed by atoms with Gasteiger partial charge in [-0.2, -0.15) is 0 Å². The van der Waals surface area contributed by atoms with E-state index in [9.17, 15) is 14.4 Å². The minimum Gasteiger partial charge on any atom is -0.480 e. The molecule has 1 saturated heterocycles. The Balaban J connectivity index is 2.23. The number of piperidine rings is 1. The fourth-order valence-corrected chi connectivity index (χ4v) is 2.52. The number of rotatable bonds is 2. The predicted octanol–water partition coefficient (Wildman–Crippen LogP) is 1.01. The zero-order valence-electron chi connectivity index (χ0n) is 8.96. The molecule has 1 fully saturated rings. The summed E-state index contributed by atoms with van der Waals surface area (Å²) in [6, 6.07) is 2.46. The van der Waals surface area contributed by atoms with Gasteiger partial charge in [-0.3, -0.25) is 9.59 Å².